The Morgan fingerprint density at radius 2 is 1.71 bits per heavy atom. The minimum absolute atomic E-state index is 0.101. The molecule has 0 saturated carbocycles. The third kappa shape index (κ3) is 3.78. The first-order valence-electron chi connectivity index (χ1n) is 8.02. The Bertz CT molecular complexity index is 1110. The van der Waals surface area contributed by atoms with E-state index in [0.717, 1.165) is 22.9 Å². The molecule has 28 heavy (non-hydrogen) atoms. The summed E-state index contributed by atoms with van der Waals surface area (Å²) < 4.78 is 54.5. The number of carbonyl (C=O) groups is 1. The van der Waals surface area contributed by atoms with E-state index in [4.69, 9.17) is 0 Å². The second-order valence-electron chi connectivity index (χ2n) is 5.86. The highest BCUT2D eigenvalue weighted by Crippen LogP contribution is 2.33. The summed E-state index contributed by atoms with van der Waals surface area (Å²) in [5.41, 5.74) is -2.86. The number of halogens is 4. The van der Waals surface area contributed by atoms with Crippen molar-refractivity contribution in [2.24, 2.45) is 0 Å². The van der Waals surface area contributed by atoms with Crippen molar-refractivity contribution in [3.05, 3.63) is 87.6 Å². The molecule has 2 aromatic carbocycles. The van der Waals surface area contributed by atoms with E-state index >= 15 is 0 Å². The molecule has 0 aliphatic carbocycles. The summed E-state index contributed by atoms with van der Waals surface area (Å²) in [7, 11) is 0. The molecule has 0 fully saturated rings. The Labute approximate surface area is 156 Å². The number of anilines is 1. The van der Waals surface area contributed by atoms with Crippen LogP contribution in [0.3, 0.4) is 0 Å². The van der Waals surface area contributed by atoms with Crippen molar-refractivity contribution in [2.75, 3.05) is 5.32 Å². The molecule has 0 radical (unpaired) electrons. The minimum atomic E-state index is -4.66. The molecule has 1 aromatic heterocycles. The highest BCUT2D eigenvalue weighted by atomic mass is 19.4. The highest BCUT2D eigenvalue weighted by molar-refractivity contribution is 6.02. The molecule has 0 bridgehead atoms. The minimum Gasteiger partial charge on any atom is -0.318 e. The van der Waals surface area contributed by atoms with Crippen molar-refractivity contribution in [1.29, 1.82) is 0 Å². The van der Waals surface area contributed by atoms with Gasteiger partial charge in [-0.25, -0.2) is 9.07 Å². The average molecular weight is 391 g/mol. The first-order valence-corrected chi connectivity index (χ1v) is 8.02. The molecule has 1 N–H and O–H groups in total. The van der Waals surface area contributed by atoms with E-state index < -0.39 is 34.6 Å². The van der Waals surface area contributed by atoms with Crippen LogP contribution in [0.25, 0.3) is 5.69 Å². The van der Waals surface area contributed by atoms with Crippen molar-refractivity contribution in [1.82, 2.24) is 9.78 Å². The molecule has 1 heterocycles. The van der Waals surface area contributed by atoms with Gasteiger partial charge in [0.05, 0.1) is 16.9 Å². The summed E-state index contributed by atoms with van der Waals surface area (Å²) in [5, 5.41) is 6.01. The molecule has 3 aromatic rings. The van der Waals surface area contributed by atoms with Crippen molar-refractivity contribution < 1.29 is 22.4 Å². The van der Waals surface area contributed by atoms with Gasteiger partial charge in [0.2, 0.25) is 5.43 Å². The number of alkyl halides is 3. The molecule has 0 aliphatic rings. The molecule has 0 spiro atoms. The quantitative estimate of drug-likeness (QED) is 0.688. The van der Waals surface area contributed by atoms with E-state index in [9.17, 15) is 27.2 Å². The van der Waals surface area contributed by atoms with Gasteiger partial charge in [0.25, 0.3) is 5.91 Å². The molecule has 0 aliphatic heterocycles. The van der Waals surface area contributed by atoms with Crippen LogP contribution in [0.15, 0.2) is 59.4 Å². The Balaban J connectivity index is 2.09. The highest BCUT2D eigenvalue weighted by Gasteiger charge is 2.34. The number of amides is 1. The number of para-hydroxylation sites is 2. The number of aryl methyl sites for hydroxylation is 1. The van der Waals surface area contributed by atoms with Gasteiger partial charge in [-0.15, -0.1) is 0 Å². The van der Waals surface area contributed by atoms with E-state index in [-0.39, 0.29) is 17.1 Å². The largest absolute Gasteiger partial charge is 0.418 e. The summed E-state index contributed by atoms with van der Waals surface area (Å²) in [6, 6.07) is 10.9. The number of nitrogens with zero attached hydrogens (tertiary/aromatic N) is 2. The second kappa shape index (κ2) is 7.26. The Kier molecular flexibility index (Phi) is 5.00. The van der Waals surface area contributed by atoms with Gasteiger partial charge in [-0.1, -0.05) is 24.3 Å². The average Bonchev–Trinajstić information content (AvgIpc) is 2.63. The third-order valence-electron chi connectivity index (χ3n) is 3.88. The molecular weight excluding hydrogens is 378 g/mol. The van der Waals surface area contributed by atoms with Gasteiger partial charge >= 0.3 is 6.18 Å². The van der Waals surface area contributed by atoms with Crippen LogP contribution in [0.1, 0.15) is 21.7 Å². The van der Waals surface area contributed by atoms with Crippen molar-refractivity contribution in [3.63, 3.8) is 0 Å². The van der Waals surface area contributed by atoms with E-state index in [0.29, 0.717) is 0 Å². The fraction of sp³-hybridized carbons (Fsp3) is 0.105. The number of rotatable bonds is 3. The summed E-state index contributed by atoms with van der Waals surface area (Å²) in [6.07, 6.45) is -4.66. The van der Waals surface area contributed by atoms with Crippen LogP contribution in [-0.2, 0) is 6.18 Å². The van der Waals surface area contributed by atoms with Crippen LogP contribution in [0.4, 0.5) is 23.2 Å². The molecule has 0 atom stereocenters. The standard InChI is InChI=1S/C19H13F4N3O2/c1-11-10-16(27)17(18(28)24-14-8-4-3-7-13(14)20)25-26(11)15-9-5-2-6-12(15)19(21,22)23/h2-10H,1H3,(H,24,28). The monoisotopic (exact) mass is 391 g/mol. The smallest absolute Gasteiger partial charge is 0.318 e. The van der Waals surface area contributed by atoms with Gasteiger partial charge in [-0.3, -0.25) is 9.59 Å². The zero-order valence-corrected chi connectivity index (χ0v) is 14.4. The molecule has 144 valence electrons. The van der Waals surface area contributed by atoms with Crippen LogP contribution in [0.5, 0.6) is 0 Å². The van der Waals surface area contributed by atoms with Gasteiger partial charge in [0, 0.05) is 11.8 Å². The molecule has 3 rings (SSSR count). The van der Waals surface area contributed by atoms with E-state index in [2.05, 4.69) is 10.4 Å². The topological polar surface area (TPSA) is 64.0 Å². The molecular formula is C19H13F4N3O2. The lowest BCUT2D eigenvalue weighted by molar-refractivity contribution is -0.137. The van der Waals surface area contributed by atoms with Crippen LogP contribution in [-0.4, -0.2) is 15.7 Å². The van der Waals surface area contributed by atoms with Gasteiger partial charge in [0.1, 0.15) is 5.82 Å². The predicted octanol–water partition coefficient (Wildman–Crippen LogP) is 3.95. The second-order valence-corrected chi connectivity index (χ2v) is 5.86. The lowest BCUT2D eigenvalue weighted by Gasteiger charge is -2.16. The number of carbonyl (C=O) groups excluding carboxylic acids is 1. The van der Waals surface area contributed by atoms with Gasteiger partial charge in [-0.2, -0.15) is 18.3 Å². The maximum atomic E-state index is 13.7. The maximum Gasteiger partial charge on any atom is 0.418 e. The van der Waals surface area contributed by atoms with Gasteiger partial charge in [-0.05, 0) is 31.2 Å². The van der Waals surface area contributed by atoms with E-state index in [1.807, 2.05) is 0 Å². The SMILES string of the molecule is Cc1cc(=O)c(C(=O)Nc2ccccc2F)nn1-c1ccccc1C(F)(F)F. The summed E-state index contributed by atoms with van der Waals surface area (Å²) in [6.45, 7) is 1.39. The van der Waals surface area contributed by atoms with Crippen molar-refractivity contribution >= 4 is 11.6 Å². The van der Waals surface area contributed by atoms with Crippen LogP contribution < -0.4 is 10.7 Å². The predicted molar refractivity (Wildman–Crippen MR) is 93.9 cm³/mol. The van der Waals surface area contributed by atoms with Crippen LogP contribution >= 0.6 is 0 Å². The number of hydrogen-bond acceptors (Lipinski definition) is 3. The molecule has 0 unspecified atom stereocenters. The lowest BCUT2D eigenvalue weighted by atomic mass is 10.1. The van der Waals surface area contributed by atoms with E-state index in [1.165, 1.54) is 43.3 Å². The lowest BCUT2D eigenvalue weighted by Crippen LogP contribution is -2.27. The first-order chi connectivity index (χ1) is 13.2. The fourth-order valence-corrected chi connectivity index (χ4v) is 2.59. The summed E-state index contributed by atoms with van der Waals surface area (Å²) >= 11 is 0. The van der Waals surface area contributed by atoms with Crippen molar-refractivity contribution in [3.8, 4) is 5.69 Å². The van der Waals surface area contributed by atoms with Gasteiger partial charge < -0.3 is 5.32 Å². The Morgan fingerprint density at radius 1 is 1.07 bits per heavy atom. The molecule has 5 nitrogen and oxygen atoms in total. The normalized spacial score (nSPS) is 11.3. The molecule has 9 heteroatoms. The zero-order chi connectivity index (χ0) is 20.5. The fourth-order valence-electron chi connectivity index (χ4n) is 2.59. The van der Waals surface area contributed by atoms with Crippen LogP contribution in [0.2, 0.25) is 0 Å². The van der Waals surface area contributed by atoms with Gasteiger partial charge in [0.15, 0.2) is 5.69 Å². The number of aromatic nitrogens is 2. The van der Waals surface area contributed by atoms with E-state index in [1.54, 1.807) is 0 Å². The summed E-state index contributed by atoms with van der Waals surface area (Å²) in [5.74, 6) is -1.76. The maximum absolute atomic E-state index is 13.7. The summed E-state index contributed by atoms with van der Waals surface area (Å²) in [4.78, 5) is 24.6. The molecule has 1 amide bonds. The number of benzene rings is 2. The van der Waals surface area contributed by atoms with Crippen molar-refractivity contribution in [2.45, 2.75) is 13.1 Å². The zero-order valence-electron chi connectivity index (χ0n) is 14.4. The molecule has 0 saturated heterocycles. The first kappa shape index (κ1) is 19.3. The third-order valence-corrected chi connectivity index (χ3v) is 3.88. The Morgan fingerprint density at radius 3 is 2.39 bits per heavy atom. The van der Waals surface area contributed by atoms with Crippen LogP contribution in [0, 0.1) is 12.7 Å². The Hall–Kier alpha value is -3.49. The number of nitrogens with one attached hydrogen (secondary N) is 1. The number of hydrogen-bond donors (Lipinski definition) is 1.